The Labute approximate surface area is 143 Å². The molecule has 2 aromatic heterocycles. The summed E-state index contributed by atoms with van der Waals surface area (Å²) in [4.78, 5) is 18.4. The lowest BCUT2D eigenvalue weighted by Gasteiger charge is -2.20. The van der Waals surface area contributed by atoms with Gasteiger partial charge in [0.2, 0.25) is 5.91 Å². The van der Waals surface area contributed by atoms with Crippen LogP contribution in [0, 0.1) is 5.82 Å². The first kappa shape index (κ1) is 15.5. The summed E-state index contributed by atoms with van der Waals surface area (Å²) in [6, 6.07) is 5.97. The number of halogens is 1. The quantitative estimate of drug-likeness (QED) is 0.726. The van der Waals surface area contributed by atoms with Crippen molar-refractivity contribution in [3.8, 4) is 0 Å². The van der Waals surface area contributed by atoms with Crippen LogP contribution in [0.5, 0.6) is 0 Å². The molecule has 0 aliphatic carbocycles. The molecule has 4 rings (SSSR count). The number of hydrogen-bond acceptors (Lipinski definition) is 4. The van der Waals surface area contributed by atoms with Gasteiger partial charge in [-0.2, -0.15) is 10.2 Å². The molecule has 0 radical (unpaired) electrons. The fourth-order valence-electron chi connectivity index (χ4n) is 3.06. The molecule has 1 aliphatic rings. The molecule has 8 heteroatoms. The Morgan fingerprint density at radius 3 is 2.76 bits per heavy atom. The molecule has 1 aliphatic heterocycles. The van der Waals surface area contributed by atoms with Crippen molar-refractivity contribution in [3.05, 3.63) is 65.8 Å². The highest BCUT2D eigenvalue weighted by Gasteiger charge is 2.30. The largest absolute Gasteiger partial charge is 0.330 e. The Hall–Kier alpha value is -3.03. The molecule has 1 aromatic carbocycles. The van der Waals surface area contributed by atoms with Crippen LogP contribution < -0.4 is 0 Å². The van der Waals surface area contributed by atoms with Crippen LogP contribution in [-0.2, 0) is 24.4 Å². The first-order valence-corrected chi connectivity index (χ1v) is 8.02. The maximum Gasteiger partial charge on any atom is 0.247 e. The Morgan fingerprint density at radius 1 is 1.24 bits per heavy atom. The van der Waals surface area contributed by atoms with Gasteiger partial charge in [0.05, 0.1) is 25.0 Å². The van der Waals surface area contributed by atoms with Gasteiger partial charge in [0.1, 0.15) is 24.5 Å². The van der Waals surface area contributed by atoms with Gasteiger partial charge in [-0.3, -0.25) is 9.48 Å². The minimum Gasteiger partial charge on any atom is -0.330 e. The minimum absolute atomic E-state index is 0.00460. The number of nitrogens with zero attached hydrogens (tertiary/aromatic N) is 6. The van der Waals surface area contributed by atoms with Gasteiger partial charge in [-0.05, 0) is 24.6 Å². The fourth-order valence-corrected chi connectivity index (χ4v) is 3.06. The molecule has 0 unspecified atom stereocenters. The Morgan fingerprint density at radius 2 is 2.04 bits per heavy atom. The zero-order chi connectivity index (χ0) is 17.4. The molecule has 0 spiro atoms. The summed E-state index contributed by atoms with van der Waals surface area (Å²) in [5.74, 6) is -0.261. The first-order valence-electron chi connectivity index (χ1n) is 8.02. The number of carbonyl (C=O) groups is 1. The number of hydrogen-bond donors (Lipinski definition) is 0. The van der Waals surface area contributed by atoms with E-state index in [1.165, 1.54) is 18.5 Å². The second-order valence-electron chi connectivity index (χ2n) is 6.15. The minimum atomic E-state index is -0.398. The third-order valence-corrected chi connectivity index (χ3v) is 4.49. The highest BCUT2D eigenvalue weighted by molar-refractivity contribution is 5.80. The average molecular weight is 340 g/mol. The number of amides is 1. The van der Waals surface area contributed by atoms with E-state index in [-0.39, 0.29) is 11.7 Å². The molecule has 0 saturated heterocycles. The molecule has 0 N–H and O–H groups in total. The van der Waals surface area contributed by atoms with E-state index in [2.05, 4.69) is 15.2 Å². The highest BCUT2D eigenvalue weighted by Crippen LogP contribution is 2.25. The van der Waals surface area contributed by atoms with Crippen molar-refractivity contribution in [1.29, 1.82) is 0 Å². The normalized spacial score (nSPS) is 14.6. The topological polar surface area (TPSA) is 68.8 Å². The molecule has 3 aromatic rings. The van der Waals surface area contributed by atoms with Crippen LogP contribution in [0.15, 0.2) is 43.1 Å². The fraction of sp³-hybridized carbons (Fsp3) is 0.294. The van der Waals surface area contributed by atoms with Gasteiger partial charge in [-0.15, -0.1) is 0 Å². The van der Waals surface area contributed by atoms with Gasteiger partial charge in [-0.25, -0.2) is 14.1 Å². The SMILES string of the molecule is C[C@@H](C(=O)N1Cc2cnn(Cc3ccc(F)cc3)c2C1)n1cncn1. The lowest BCUT2D eigenvalue weighted by atomic mass is 10.2. The Bertz CT molecular complexity index is 887. The van der Waals surface area contributed by atoms with Crippen LogP contribution >= 0.6 is 0 Å². The van der Waals surface area contributed by atoms with Crippen LogP contribution in [0.1, 0.15) is 29.8 Å². The number of aromatic nitrogens is 5. The summed E-state index contributed by atoms with van der Waals surface area (Å²) in [5, 5.41) is 8.44. The van der Waals surface area contributed by atoms with Gasteiger partial charge >= 0.3 is 0 Å². The zero-order valence-electron chi connectivity index (χ0n) is 13.7. The number of benzene rings is 1. The molecular formula is C17H17FN6O. The predicted molar refractivity (Wildman–Crippen MR) is 86.7 cm³/mol. The van der Waals surface area contributed by atoms with Crippen LogP contribution in [0.25, 0.3) is 0 Å². The standard InChI is InChI=1S/C17H17FN6O/c1-12(24-11-19-10-21-24)17(25)22-8-14-6-20-23(16(14)9-22)7-13-2-4-15(18)5-3-13/h2-6,10-12H,7-9H2,1H3/t12-/m0/s1. The van der Waals surface area contributed by atoms with Crippen LogP contribution in [0.3, 0.4) is 0 Å². The molecular weight excluding hydrogens is 323 g/mol. The molecule has 0 fully saturated rings. The second kappa shape index (κ2) is 6.12. The van der Waals surface area contributed by atoms with Crippen LogP contribution in [0.4, 0.5) is 4.39 Å². The van der Waals surface area contributed by atoms with Crippen molar-refractivity contribution in [2.24, 2.45) is 0 Å². The van der Waals surface area contributed by atoms with E-state index in [9.17, 15) is 9.18 Å². The van der Waals surface area contributed by atoms with E-state index in [0.717, 1.165) is 16.8 Å². The molecule has 7 nitrogen and oxygen atoms in total. The lowest BCUT2D eigenvalue weighted by molar-refractivity contribution is -0.135. The van der Waals surface area contributed by atoms with Gasteiger partial charge in [0.25, 0.3) is 0 Å². The molecule has 128 valence electrons. The van der Waals surface area contributed by atoms with E-state index in [1.807, 2.05) is 11.6 Å². The zero-order valence-corrected chi connectivity index (χ0v) is 13.7. The van der Waals surface area contributed by atoms with E-state index >= 15 is 0 Å². The molecule has 0 saturated carbocycles. The number of rotatable bonds is 4. The van der Waals surface area contributed by atoms with E-state index in [0.29, 0.717) is 19.6 Å². The van der Waals surface area contributed by atoms with E-state index < -0.39 is 6.04 Å². The molecule has 3 heterocycles. The monoisotopic (exact) mass is 340 g/mol. The third-order valence-electron chi connectivity index (χ3n) is 4.49. The molecule has 25 heavy (non-hydrogen) atoms. The van der Waals surface area contributed by atoms with E-state index in [4.69, 9.17) is 0 Å². The summed E-state index contributed by atoms with van der Waals surface area (Å²) < 4.78 is 16.5. The van der Waals surface area contributed by atoms with E-state index in [1.54, 1.807) is 34.2 Å². The third kappa shape index (κ3) is 2.90. The maximum atomic E-state index is 13.0. The predicted octanol–water partition coefficient (Wildman–Crippen LogP) is 1.77. The maximum absolute atomic E-state index is 13.0. The summed E-state index contributed by atoms with van der Waals surface area (Å²) >= 11 is 0. The molecule has 1 atom stereocenters. The van der Waals surface area contributed by atoms with Crippen LogP contribution in [0.2, 0.25) is 0 Å². The average Bonchev–Trinajstić information content (AvgIpc) is 3.33. The Balaban J connectivity index is 1.49. The van der Waals surface area contributed by atoms with Gasteiger partial charge in [0, 0.05) is 12.1 Å². The van der Waals surface area contributed by atoms with Crippen molar-refractivity contribution in [3.63, 3.8) is 0 Å². The molecule has 1 amide bonds. The molecule has 0 bridgehead atoms. The van der Waals surface area contributed by atoms with Gasteiger partial charge in [0.15, 0.2) is 0 Å². The lowest BCUT2D eigenvalue weighted by Crippen LogP contribution is -2.33. The van der Waals surface area contributed by atoms with Gasteiger partial charge < -0.3 is 4.90 Å². The summed E-state index contributed by atoms with van der Waals surface area (Å²) in [6.45, 7) is 3.41. The second-order valence-corrected chi connectivity index (χ2v) is 6.15. The highest BCUT2D eigenvalue weighted by atomic mass is 19.1. The van der Waals surface area contributed by atoms with Crippen molar-refractivity contribution in [2.75, 3.05) is 0 Å². The van der Waals surface area contributed by atoms with Crippen molar-refractivity contribution in [1.82, 2.24) is 29.4 Å². The summed E-state index contributed by atoms with van der Waals surface area (Å²) in [5.41, 5.74) is 3.03. The number of fused-ring (bicyclic) bond motifs is 1. The van der Waals surface area contributed by atoms with Crippen LogP contribution in [-0.4, -0.2) is 35.4 Å². The van der Waals surface area contributed by atoms with Crippen molar-refractivity contribution in [2.45, 2.75) is 32.6 Å². The summed E-state index contributed by atoms with van der Waals surface area (Å²) in [7, 11) is 0. The van der Waals surface area contributed by atoms with Gasteiger partial charge in [-0.1, -0.05) is 12.1 Å². The summed E-state index contributed by atoms with van der Waals surface area (Å²) in [6.07, 6.45) is 4.76. The first-order chi connectivity index (χ1) is 12.1. The smallest absolute Gasteiger partial charge is 0.247 e. The van der Waals surface area contributed by atoms with Crippen molar-refractivity contribution >= 4 is 5.91 Å². The van der Waals surface area contributed by atoms with Crippen molar-refractivity contribution < 1.29 is 9.18 Å². The number of carbonyl (C=O) groups excluding carboxylic acids is 1. The Kier molecular flexibility index (Phi) is 3.79.